The zero-order valence-corrected chi connectivity index (χ0v) is 35.8. The normalized spacial score (nSPS) is 17.7. The molecule has 8 aromatic carbocycles. The van der Waals surface area contributed by atoms with Crippen LogP contribution in [0.5, 0.6) is 0 Å². The smallest absolute Gasteiger partial charge is 0.0790 e. The maximum absolute atomic E-state index is 5.78. The van der Waals surface area contributed by atoms with Gasteiger partial charge in [-0.25, -0.2) is 4.98 Å². The summed E-state index contributed by atoms with van der Waals surface area (Å²) in [6.45, 7) is 4.61. The van der Waals surface area contributed by atoms with Crippen LogP contribution in [0.3, 0.4) is 0 Å². The van der Waals surface area contributed by atoms with E-state index in [4.69, 9.17) is 4.98 Å². The predicted molar refractivity (Wildman–Crippen MR) is 263 cm³/mol. The Morgan fingerprint density at radius 2 is 0.922 bits per heavy atom. The zero-order valence-electron chi connectivity index (χ0n) is 35.8. The van der Waals surface area contributed by atoms with E-state index in [2.05, 4.69) is 226 Å². The minimum Gasteiger partial charge on any atom is -0.247 e. The van der Waals surface area contributed by atoms with E-state index in [0.29, 0.717) is 0 Å². The summed E-state index contributed by atoms with van der Waals surface area (Å²) in [6, 6.07) is 71.1. The summed E-state index contributed by atoms with van der Waals surface area (Å²) in [6.07, 6.45) is 9.44. The van der Waals surface area contributed by atoms with Crippen LogP contribution < -0.4 is 0 Å². The molecule has 14 rings (SSSR count). The lowest BCUT2D eigenvalue weighted by Crippen LogP contribution is -2.32. The van der Waals surface area contributed by atoms with Gasteiger partial charge in [0.05, 0.1) is 22.2 Å². The van der Waals surface area contributed by atoms with Crippen molar-refractivity contribution < 1.29 is 0 Å². The number of hydrogen-bond acceptors (Lipinski definition) is 1. The Bertz CT molecular complexity index is 3450. The van der Waals surface area contributed by atoms with Gasteiger partial charge in [0.1, 0.15) is 0 Å². The minimum atomic E-state index is -0.437. The van der Waals surface area contributed by atoms with E-state index in [1.54, 1.807) is 0 Å². The van der Waals surface area contributed by atoms with Crippen LogP contribution in [-0.2, 0) is 10.8 Å². The highest BCUT2D eigenvalue weighted by Crippen LogP contribution is 2.66. The van der Waals surface area contributed by atoms with Gasteiger partial charge in [-0.15, -0.1) is 0 Å². The van der Waals surface area contributed by atoms with Gasteiger partial charge in [-0.2, -0.15) is 0 Å². The second-order valence-electron chi connectivity index (χ2n) is 18.5. The van der Waals surface area contributed by atoms with Gasteiger partial charge in [-0.1, -0.05) is 194 Å². The molecule has 9 aromatic rings. The molecule has 0 bridgehead atoms. The van der Waals surface area contributed by atoms with Crippen LogP contribution in [0, 0.1) is 19.8 Å². The van der Waals surface area contributed by atoms with Gasteiger partial charge < -0.3 is 0 Å². The van der Waals surface area contributed by atoms with Crippen LogP contribution in [-0.4, -0.2) is 4.98 Å². The number of rotatable bonds is 3. The summed E-state index contributed by atoms with van der Waals surface area (Å²) in [5.41, 5.74) is 27.4. The number of hydrogen-bond donors (Lipinski definition) is 0. The Hall–Kier alpha value is -7.61. The van der Waals surface area contributed by atoms with E-state index in [0.717, 1.165) is 22.5 Å². The average molecular weight is 814 g/mol. The van der Waals surface area contributed by atoms with Gasteiger partial charge in [-0.3, -0.25) is 0 Å². The van der Waals surface area contributed by atoms with Crippen molar-refractivity contribution >= 4 is 0 Å². The molecular formula is C63H43N. The first-order chi connectivity index (χ1) is 31.6. The van der Waals surface area contributed by atoms with E-state index in [1.807, 2.05) is 0 Å². The minimum absolute atomic E-state index is 0.256. The van der Waals surface area contributed by atoms with Crippen LogP contribution in [0.2, 0.25) is 0 Å². The van der Waals surface area contributed by atoms with Crippen molar-refractivity contribution in [2.24, 2.45) is 5.92 Å². The number of aromatic nitrogens is 1. The van der Waals surface area contributed by atoms with E-state index >= 15 is 0 Å². The third kappa shape index (κ3) is 4.42. The standard InChI is InChI=1S/C63H43N/c1-38-34-50-47-25-11-17-31-56(47)63(53-28-14-8-22-44(53)45-23-9-15-29-54(45)63)58(50)37-49(38)60-39(2)35-59(40-18-4-3-5-19-40)64-61(60)41-32-33-48-46-24-10-16-30-55(46)62(57(48)36-41)51-26-12-6-20-42(51)43-21-7-13-27-52(43)62/h3-37,46,55H,1-2H3. The summed E-state index contributed by atoms with van der Waals surface area (Å²) < 4.78 is 0. The molecular weight excluding hydrogens is 771 g/mol. The molecule has 1 heterocycles. The summed E-state index contributed by atoms with van der Waals surface area (Å²) >= 11 is 0. The summed E-state index contributed by atoms with van der Waals surface area (Å²) in [5, 5.41) is 0. The van der Waals surface area contributed by atoms with Gasteiger partial charge in [0.25, 0.3) is 0 Å². The maximum Gasteiger partial charge on any atom is 0.0790 e. The third-order valence-electron chi connectivity index (χ3n) is 15.6. The van der Waals surface area contributed by atoms with E-state index < -0.39 is 5.41 Å². The van der Waals surface area contributed by atoms with Crippen molar-refractivity contribution in [3.63, 3.8) is 0 Å². The molecule has 2 atom stereocenters. The molecule has 1 nitrogen and oxygen atoms in total. The Balaban J connectivity index is 1.06. The number of allylic oxidation sites excluding steroid dienone is 4. The monoisotopic (exact) mass is 813 g/mol. The summed E-state index contributed by atoms with van der Waals surface area (Å²) in [5.74, 6) is 0.526. The number of nitrogens with zero attached hydrogens (tertiary/aromatic N) is 1. The fourth-order valence-corrected chi connectivity index (χ4v) is 13.2. The topological polar surface area (TPSA) is 12.9 Å². The molecule has 5 aliphatic carbocycles. The average Bonchev–Trinajstić information content (AvgIpc) is 4.02. The zero-order chi connectivity index (χ0) is 42.3. The highest BCUT2D eigenvalue weighted by atomic mass is 14.7. The van der Waals surface area contributed by atoms with E-state index in [1.165, 1.54) is 100 Å². The third-order valence-corrected chi connectivity index (χ3v) is 15.6. The molecule has 2 spiro atoms. The number of pyridine rings is 1. The molecule has 300 valence electrons. The summed E-state index contributed by atoms with van der Waals surface area (Å²) in [7, 11) is 0. The molecule has 0 aliphatic heterocycles. The van der Waals surface area contributed by atoms with Crippen molar-refractivity contribution in [3.05, 3.63) is 268 Å². The second kappa shape index (κ2) is 13.0. The lowest BCUT2D eigenvalue weighted by atomic mass is 9.65. The van der Waals surface area contributed by atoms with Gasteiger partial charge in [0.2, 0.25) is 0 Å². The molecule has 0 radical (unpaired) electrons. The molecule has 64 heavy (non-hydrogen) atoms. The molecule has 0 N–H and O–H groups in total. The Labute approximate surface area is 374 Å². The molecule has 0 saturated carbocycles. The van der Waals surface area contributed by atoms with Crippen molar-refractivity contribution in [2.45, 2.75) is 30.6 Å². The van der Waals surface area contributed by atoms with Crippen molar-refractivity contribution in [3.8, 4) is 67.0 Å². The van der Waals surface area contributed by atoms with Gasteiger partial charge in [-0.05, 0) is 127 Å². The molecule has 0 saturated heterocycles. The summed E-state index contributed by atoms with van der Waals surface area (Å²) in [4.78, 5) is 5.78. The quantitative estimate of drug-likeness (QED) is 0.173. The first-order valence-electron chi connectivity index (χ1n) is 22.8. The van der Waals surface area contributed by atoms with Crippen molar-refractivity contribution in [1.29, 1.82) is 0 Å². The molecule has 1 aromatic heterocycles. The molecule has 2 unspecified atom stereocenters. The van der Waals surface area contributed by atoms with Gasteiger partial charge >= 0.3 is 0 Å². The molecule has 5 aliphatic rings. The maximum atomic E-state index is 5.78. The van der Waals surface area contributed by atoms with Crippen molar-refractivity contribution in [2.75, 3.05) is 0 Å². The van der Waals surface area contributed by atoms with Gasteiger partial charge in [0, 0.05) is 28.5 Å². The lowest BCUT2D eigenvalue weighted by molar-refractivity contribution is 0.465. The van der Waals surface area contributed by atoms with Gasteiger partial charge in [0.15, 0.2) is 0 Å². The number of aryl methyl sites for hydroxylation is 2. The first kappa shape index (κ1) is 35.9. The fourth-order valence-electron chi connectivity index (χ4n) is 13.2. The highest BCUT2D eigenvalue weighted by molar-refractivity contribution is 5.98. The highest BCUT2D eigenvalue weighted by Gasteiger charge is 2.57. The molecule has 1 heteroatoms. The molecule has 0 amide bonds. The van der Waals surface area contributed by atoms with Crippen LogP contribution in [0.4, 0.5) is 0 Å². The second-order valence-corrected chi connectivity index (χ2v) is 18.5. The molecule has 0 fully saturated rings. The number of fused-ring (bicyclic) bond motifs is 20. The van der Waals surface area contributed by atoms with E-state index in [9.17, 15) is 0 Å². The fraction of sp³-hybridized carbons (Fsp3) is 0.0952. The predicted octanol–water partition coefficient (Wildman–Crippen LogP) is 15.2. The van der Waals surface area contributed by atoms with Crippen LogP contribution in [0.15, 0.2) is 212 Å². The Morgan fingerprint density at radius 1 is 0.391 bits per heavy atom. The largest absolute Gasteiger partial charge is 0.247 e. The van der Waals surface area contributed by atoms with Crippen LogP contribution in [0.1, 0.15) is 61.6 Å². The first-order valence-corrected chi connectivity index (χ1v) is 22.8. The Morgan fingerprint density at radius 3 is 1.55 bits per heavy atom. The lowest BCUT2D eigenvalue weighted by Gasteiger charge is -2.36. The number of benzene rings is 8. The SMILES string of the molecule is Cc1cc2c(cc1-c1c(C)cc(-c3ccccc3)nc1-c1ccc3c(c1)C1(c4ccccc4-c4ccccc41)C1C=CC=CC31)C1(c3ccccc3-c3ccccc31)c1ccccc1-2. The van der Waals surface area contributed by atoms with Crippen LogP contribution in [0.25, 0.3) is 67.0 Å². The van der Waals surface area contributed by atoms with Crippen LogP contribution >= 0.6 is 0 Å². The van der Waals surface area contributed by atoms with Crippen molar-refractivity contribution in [1.82, 2.24) is 4.98 Å². The van der Waals surface area contributed by atoms with E-state index in [-0.39, 0.29) is 17.3 Å². The Kier molecular flexibility index (Phi) is 7.28.